The third-order valence-electron chi connectivity index (χ3n) is 16.2. The van der Waals surface area contributed by atoms with Crippen molar-refractivity contribution in [3.8, 4) is 33.6 Å². The van der Waals surface area contributed by atoms with Crippen molar-refractivity contribution in [2.75, 3.05) is 0 Å². The van der Waals surface area contributed by atoms with Crippen LogP contribution in [0.2, 0.25) is 0 Å². The van der Waals surface area contributed by atoms with Crippen LogP contribution in [0.3, 0.4) is 0 Å². The third kappa shape index (κ3) is 6.02. The Morgan fingerprint density at radius 1 is 0.417 bits per heavy atom. The average Bonchev–Trinajstić information content (AvgIpc) is 3.75. The molecule has 1 fully saturated rings. The standard InChI is InChI=1S/C68H48N4/c1-43-65-66(69-67(70-68(43,65)50-28-10-4-11-29-50)48-27-20-26-46(37-48)44-21-6-2-7-22-44)49-38-47-25-14-15-32-52(47)60(39-49)72-59-36-19-18-34-54(59)57-40-58-62(42-61(57)72)71(51-30-12-5-13-31-51)63-41-56(45-23-8-3-9-24-45)53-33-16-17-35-55(53)64(58)63/h2-43,65-66H,1H3,(H,69,70). The third-order valence-corrected chi connectivity index (χ3v) is 16.2. The summed E-state index contributed by atoms with van der Waals surface area (Å²) in [4.78, 5) is 5.76. The van der Waals surface area contributed by atoms with Crippen molar-refractivity contribution < 1.29 is 0 Å². The van der Waals surface area contributed by atoms with Gasteiger partial charge in [0.2, 0.25) is 0 Å². The largest absolute Gasteiger partial charge is 0.363 e. The molecule has 2 aromatic heterocycles. The molecule has 1 aliphatic heterocycles. The SMILES string of the molecule is CC1C2C(c3cc(-n4c5ccccc5c5cc6c7c8ccccc8c(-c8ccccc8)cc7n(-c7ccccc7)c6cc54)c4ccccc4c3)NC(c3cccc(-c4ccccc4)c3)=NC12c1ccccc1. The molecular weight excluding hydrogens is 873 g/mol. The van der Waals surface area contributed by atoms with Gasteiger partial charge < -0.3 is 14.5 Å². The van der Waals surface area contributed by atoms with E-state index < -0.39 is 0 Å². The minimum absolute atomic E-state index is 0.0102. The van der Waals surface area contributed by atoms with Gasteiger partial charge in [-0.2, -0.15) is 0 Å². The Hall–Kier alpha value is -8.99. The Kier molecular flexibility index (Phi) is 8.94. The first-order valence-corrected chi connectivity index (χ1v) is 25.3. The smallest absolute Gasteiger partial charge is 0.129 e. The molecule has 1 aliphatic carbocycles. The van der Waals surface area contributed by atoms with Crippen LogP contribution in [-0.2, 0) is 5.54 Å². The molecular formula is C68H48N4. The maximum absolute atomic E-state index is 5.76. The van der Waals surface area contributed by atoms with E-state index in [1.54, 1.807) is 0 Å². The molecule has 2 aliphatic rings. The lowest BCUT2D eigenvalue weighted by atomic mass is 9.90. The number of benzene rings is 11. The van der Waals surface area contributed by atoms with E-state index in [1.165, 1.54) is 104 Å². The highest BCUT2D eigenvalue weighted by atomic mass is 15.2. The van der Waals surface area contributed by atoms with Crippen LogP contribution in [0.5, 0.6) is 0 Å². The Morgan fingerprint density at radius 3 is 1.81 bits per heavy atom. The summed E-state index contributed by atoms with van der Waals surface area (Å²) in [6, 6.07) is 91.6. The topological polar surface area (TPSA) is 34.2 Å². The number of aliphatic imine (C=N–C) groups is 1. The molecule has 0 amide bonds. The van der Waals surface area contributed by atoms with Gasteiger partial charge in [0.15, 0.2) is 0 Å². The van der Waals surface area contributed by atoms with E-state index in [4.69, 9.17) is 4.99 Å². The van der Waals surface area contributed by atoms with Crippen LogP contribution in [0.1, 0.15) is 29.7 Å². The predicted molar refractivity (Wildman–Crippen MR) is 301 cm³/mol. The van der Waals surface area contributed by atoms with Crippen LogP contribution in [0.25, 0.3) is 98.8 Å². The van der Waals surface area contributed by atoms with E-state index >= 15 is 0 Å². The number of nitrogens with one attached hydrogen (secondary N) is 1. The summed E-state index contributed by atoms with van der Waals surface area (Å²) in [6.45, 7) is 2.40. The molecule has 4 unspecified atom stereocenters. The lowest BCUT2D eigenvalue weighted by Crippen LogP contribution is -2.37. The Morgan fingerprint density at radius 2 is 1.03 bits per heavy atom. The molecule has 0 saturated heterocycles. The number of hydrogen-bond donors (Lipinski definition) is 1. The summed E-state index contributed by atoms with van der Waals surface area (Å²) in [6.07, 6.45) is 0. The summed E-state index contributed by atoms with van der Waals surface area (Å²) < 4.78 is 5.05. The zero-order valence-electron chi connectivity index (χ0n) is 39.7. The monoisotopic (exact) mass is 920 g/mol. The van der Waals surface area contributed by atoms with E-state index in [0.29, 0.717) is 5.92 Å². The fourth-order valence-electron chi connectivity index (χ4n) is 12.9. The van der Waals surface area contributed by atoms with E-state index in [1.807, 2.05) is 0 Å². The van der Waals surface area contributed by atoms with E-state index in [-0.39, 0.29) is 17.5 Å². The second-order valence-electron chi connectivity index (χ2n) is 19.9. The van der Waals surface area contributed by atoms with Crippen LogP contribution < -0.4 is 5.32 Å². The summed E-state index contributed by atoms with van der Waals surface area (Å²) >= 11 is 0. The molecule has 1 N–H and O–H groups in total. The minimum atomic E-state index is -0.366. The van der Waals surface area contributed by atoms with Crippen molar-refractivity contribution in [2.45, 2.75) is 18.5 Å². The summed E-state index contributed by atoms with van der Waals surface area (Å²) in [7, 11) is 0. The summed E-state index contributed by atoms with van der Waals surface area (Å²) in [5.74, 6) is 1.49. The maximum atomic E-state index is 5.76. The Balaban J connectivity index is 0.983. The molecule has 13 aromatic rings. The molecule has 4 atom stereocenters. The van der Waals surface area contributed by atoms with Gasteiger partial charge in [-0.3, -0.25) is 4.99 Å². The molecule has 4 nitrogen and oxygen atoms in total. The molecule has 72 heavy (non-hydrogen) atoms. The first-order valence-electron chi connectivity index (χ1n) is 25.3. The summed E-state index contributed by atoms with van der Waals surface area (Å²) in [5.41, 5.74) is 15.1. The zero-order valence-corrected chi connectivity index (χ0v) is 39.7. The van der Waals surface area contributed by atoms with Crippen molar-refractivity contribution in [2.24, 2.45) is 16.8 Å². The second kappa shape index (κ2) is 15.8. The number of amidine groups is 1. The van der Waals surface area contributed by atoms with Gasteiger partial charge in [-0.1, -0.05) is 201 Å². The van der Waals surface area contributed by atoms with Gasteiger partial charge in [-0.25, -0.2) is 0 Å². The molecule has 340 valence electrons. The van der Waals surface area contributed by atoms with Crippen LogP contribution in [0, 0.1) is 11.8 Å². The lowest BCUT2D eigenvalue weighted by molar-refractivity contribution is 0.471. The Bertz CT molecular complexity index is 4320. The molecule has 0 radical (unpaired) electrons. The van der Waals surface area contributed by atoms with Crippen LogP contribution in [-0.4, -0.2) is 15.0 Å². The van der Waals surface area contributed by atoms with Gasteiger partial charge in [0.05, 0.1) is 39.3 Å². The fraction of sp³-hybridized carbons (Fsp3) is 0.0735. The van der Waals surface area contributed by atoms with Gasteiger partial charge in [-0.15, -0.1) is 0 Å². The highest BCUT2D eigenvalue weighted by Crippen LogP contribution is 2.67. The average molecular weight is 921 g/mol. The number of para-hydroxylation sites is 2. The molecule has 3 heterocycles. The van der Waals surface area contributed by atoms with Crippen LogP contribution in [0.4, 0.5) is 0 Å². The highest BCUT2D eigenvalue weighted by Gasteiger charge is 2.68. The van der Waals surface area contributed by atoms with Crippen molar-refractivity contribution in [1.29, 1.82) is 0 Å². The van der Waals surface area contributed by atoms with Crippen molar-refractivity contribution >= 4 is 71.0 Å². The van der Waals surface area contributed by atoms with E-state index in [9.17, 15) is 0 Å². The number of aromatic nitrogens is 2. The maximum Gasteiger partial charge on any atom is 0.129 e. The zero-order chi connectivity index (χ0) is 47.5. The number of nitrogens with zero attached hydrogens (tertiary/aromatic N) is 3. The van der Waals surface area contributed by atoms with E-state index in [2.05, 4.69) is 270 Å². The van der Waals surface area contributed by atoms with Crippen LogP contribution >= 0.6 is 0 Å². The van der Waals surface area contributed by atoms with Crippen molar-refractivity contribution in [3.63, 3.8) is 0 Å². The quantitative estimate of drug-likeness (QED) is 0.170. The Labute approximate surface area is 417 Å². The van der Waals surface area contributed by atoms with Gasteiger partial charge in [-0.05, 0) is 110 Å². The highest BCUT2D eigenvalue weighted by molar-refractivity contribution is 6.27. The van der Waals surface area contributed by atoms with Gasteiger partial charge in [0.25, 0.3) is 0 Å². The molecule has 0 spiro atoms. The predicted octanol–water partition coefficient (Wildman–Crippen LogP) is 16.8. The van der Waals surface area contributed by atoms with Crippen molar-refractivity contribution in [3.05, 3.63) is 265 Å². The molecule has 1 saturated carbocycles. The summed E-state index contributed by atoms with van der Waals surface area (Å²) in [5, 5.41) is 14.0. The van der Waals surface area contributed by atoms with Crippen LogP contribution in [0.15, 0.2) is 254 Å². The first-order chi connectivity index (χ1) is 35.6. The molecule has 0 bridgehead atoms. The lowest BCUT2D eigenvalue weighted by Gasteiger charge is -2.31. The number of hydrogen-bond acceptors (Lipinski definition) is 2. The van der Waals surface area contributed by atoms with Gasteiger partial charge in [0.1, 0.15) is 5.84 Å². The number of fused-ring (bicyclic) bond motifs is 10. The minimum Gasteiger partial charge on any atom is -0.363 e. The van der Waals surface area contributed by atoms with Gasteiger partial charge >= 0.3 is 0 Å². The molecule has 4 heteroatoms. The normalized spacial score (nSPS) is 18.5. The molecule has 11 aromatic carbocycles. The first kappa shape index (κ1) is 40.9. The second-order valence-corrected chi connectivity index (χ2v) is 19.9. The van der Waals surface area contributed by atoms with Gasteiger partial charge in [0, 0.05) is 44.1 Å². The molecule has 15 rings (SSSR count). The van der Waals surface area contributed by atoms with E-state index in [0.717, 1.165) is 17.1 Å². The number of rotatable bonds is 7. The van der Waals surface area contributed by atoms with Crippen molar-refractivity contribution in [1.82, 2.24) is 14.5 Å². The fourth-order valence-corrected chi connectivity index (χ4v) is 12.9.